The van der Waals surface area contributed by atoms with E-state index in [1.54, 1.807) is 12.5 Å². The van der Waals surface area contributed by atoms with Crippen LogP contribution in [0.15, 0.2) is 35.3 Å². The summed E-state index contributed by atoms with van der Waals surface area (Å²) in [5.41, 5.74) is 1.14. The van der Waals surface area contributed by atoms with Crippen molar-refractivity contribution >= 4 is 5.82 Å². The van der Waals surface area contributed by atoms with Gasteiger partial charge in [-0.1, -0.05) is 6.92 Å². The summed E-state index contributed by atoms with van der Waals surface area (Å²) in [5.74, 6) is 1.05. The number of aromatic nitrogens is 2. The van der Waals surface area contributed by atoms with Crippen LogP contribution in [0.4, 0.5) is 5.82 Å². The molecule has 0 radical (unpaired) electrons. The molecule has 0 aliphatic rings. The van der Waals surface area contributed by atoms with Crippen LogP contribution in [0, 0.1) is 0 Å². The molecule has 4 heteroatoms. The van der Waals surface area contributed by atoms with Crippen molar-refractivity contribution in [2.24, 2.45) is 0 Å². The molecule has 0 amide bonds. The van der Waals surface area contributed by atoms with E-state index in [0.29, 0.717) is 0 Å². The second kappa shape index (κ2) is 4.88. The van der Waals surface area contributed by atoms with E-state index in [0.717, 1.165) is 24.3 Å². The number of anilines is 1. The van der Waals surface area contributed by atoms with E-state index in [1.807, 2.05) is 23.0 Å². The third-order valence-corrected chi connectivity index (χ3v) is 2.56. The Balaban J connectivity index is 2.06. The maximum Gasteiger partial charge on any atom is 0.124 e. The van der Waals surface area contributed by atoms with Crippen LogP contribution in [0.1, 0.15) is 31.9 Å². The Morgan fingerprint density at radius 3 is 3.06 bits per heavy atom. The minimum Gasteiger partial charge on any atom is -0.472 e. The number of aryl methyl sites for hydroxylation is 1. The molecule has 1 atom stereocenters. The molecule has 86 valence electrons. The molecule has 0 aliphatic carbocycles. The highest BCUT2D eigenvalue weighted by molar-refractivity contribution is 5.37. The van der Waals surface area contributed by atoms with Crippen molar-refractivity contribution in [2.75, 3.05) is 5.32 Å². The van der Waals surface area contributed by atoms with Gasteiger partial charge in [0.2, 0.25) is 0 Å². The van der Waals surface area contributed by atoms with Crippen LogP contribution in [0.25, 0.3) is 0 Å². The van der Waals surface area contributed by atoms with E-state index < -0.39 is 0 Å². The fraction of sp³-hybridized carbons (Fsp3) is 0.417. The summed E-state index contributed by atoms with van der Waals surface area (Å²) in [6, 6.07) is 4.19. The largest absolute Gasteiger partial charge is 0.472 e. The third kappa shape index (κ3) is 2.27. The lowest BCUT2D eigenvalue weighted by atomic mass is 10.2. The van der Waals surface area contributed by atoms with Gasteiger partial charge in [-0.05, 0) is 19.4 Å². The molecule has 0 aromatic carbocycles. The molecule has 2 aromatic rings. The maximum atomic E-state index is 5.07. The zero-order valence-corrected chi connectivity index (χ0v) is 9.68. The topological polar surface area (TPSA) is 43.0 Å². The first-order chi connectivity index (χ1) is 7.81. The Labute approximate surface area is 95.3 Å². The summed E-state index contributed by atoms with van der Waals surface area (Å²) < 4.78 is 7.05. The third-order valence-electron chi connectivity index (χ3n) is 2.56. The number of hydrogen-bond donors (Lipinski definition) is 1. The first-order valence-electron chi connectivity index (χ1n) is 5.61. The van der Waals surface area contributed by atoms with Gasteiger partial charge in [-0.25, -0.2) is 4.68 Å². The summed E-state index contributed by atoms with van der Waals surface area (Å²) in [6.45, 7) is 5.19. The summed E-state index contributed by atoms with van der Waals surface area (Å²) in [4.78, 5) is 0. The predicted molar refractivity (Wildman–Crippen MR) is 63.3 cm³/mol. The maximum absolute atomic E-state index is 5.07. The normalized spacial score (nSPS) is 12.6. The van der Waals surface area contributed by atoms with Gasteiger partial charge in [0.05, 0.1) is 24.8 Å². The Hall–Kier alpha value is -1.71. The molecular formula is C12H17N3O. The molecule has 2 rings (SSSR count). The number of nitrogens with zero attached hydrogens (tertiary/aromatic N) is 2. The molecular weight excluding hydrogens is 202 g/mol. The van der Waals surface area contributed by atoms with Crippen molar-refractivity contribution in [2.45, 2.75) is 32.9 Å². The fourth-order valence-corrected chi connectivity index (χ4v) is 1.67. The van der Waals surface area contributed by atoms with E-state index in [4.69, 9.17) is 4.42 Å². The molecule has 1 N–H and O–H groups in total. The molecule has 0 spiro atoms. The quantitative estimate of drug-likeness (QED) is 0.840. The minimum atomic E-state index is 0.228. The average molecular weight is 219 g/mol. The first-order valence-corrected chi connectivity index (χ1v) is 5.61. The van der Waals surface area contributed by atoms with Crippen molar-refractivity contribution in [1.29, 1.82) is 0 Å². The molecule has 4 nitrogen and oxygen atoms in total. The number of hydrogen-bond acceptors (Lipinski definition) is 3. The van der Waals surface area contributed by atoms with E-state index in [2.05, 4.69) is 24.3 Å². The van der Waals surface area contributed by atoms with Crippen LogP contribution >= 0.6 is 0 Å². The fourth-order valence-electron chi connectivity index (χ4n) is 1.67. The highest BCUT2D eigenvalue weighted by Gasteiger charge is 2.09. The van der Waals surface area contributed by atoms with E-state index in [9.17, 15) is 0 Å². The van der Waals surface area contributed by atoms with Crippen LogP contribution in [0.2, 0.25) is 0 Å². The SMILES string of the molecule is CCCn1nccc1NC(C)c1ccoc1. The highest BCUT2D eigenvalue weighted by atomic mass is 16.3. The minimum absolute atomic E-state index is 0.228. The van der Waals surface area contributed by atoms with Crippen LogP contribution in [-0.4, -0.2) is 9.78 Å². The van der Waals surface area contributed by atoms with Gasteiger partial charge in [0.1, 0.15) is 5.82 Å². The molecule has 16 heavy (non-hydrogen) atoms. The lowest BCUT2D eigenvalue weighted by Gasteiger charge is -2.14. The number of furan rings is 1. The van der Waals surface area contributed by atoms with Gasteiger partial charge in [-0.2, -0.15) is 5.10 Å². The van der Waals surface area contributed by atoms with E-state index in [-0.39, 0.29) is 6.04 Å². The van der Waals surface area contributed by atoms with Gasteiger partial charge in [-0.15, -0.1) is 0 Å². The number of nitrogens with one attached hydrogen (secondary N) is 1. The predicted octanol–water partition coefficient (Wildman–Crippen LogP) is 3.06. The van der Waals surface area contributed by atoms with E-state index >= 15 is 0 Å². The highest BCUT2D eigenvalue weighted by Crippen LogP contribution is 2.19. The van der Waals surface area contributed by atoms with Gasteiger partial charge in [0.25, 0.3) is 0 Å². The summed E-state index contributed by atoms with van der Waals surface area (Å²) in [5, 5.41) is 7.69. The van der Waals surface area contributed by atoms with Crippen molar-refractivity contribution in [3.05, 3.63) is 36.4 Å². The lowest BCUT2D eigenvalue weighted by molar-refractivity contribution is 0.561. The van der Waals surface area contributed by atoms with Crippen molar-refractivity contribution in [3.8, 4) is 0 Å². The van der Waals surface area contributed by atoms with Crippen molar-refractivity contribution in [1.82, 2.24) is 9.78 Å². The molecule has 0 bridgehead atoms. The second-order valence-corrected chi connectivity index (χ2v) is 3.86. The van der Waals surface area contributed by atoms with Gasteiger partial charge in [-0.3, -0.25) is 0 Å². The summed E-state index contributed by atoms with van der Waals surface area (Å²) in [6.07, 6.45) is 6.35. The molecule has 2 heterocycles. The van der Waals surface area contributed by atoms with Crippen molar-refractivity contribution in [3.63, 3.8) is 0 Å². The average Bonchev–Trinajstić information content (AvgIpc) is 2.90. The van der Waals surface area contributed by atoms with Gasteiger partial charge in [0, 0.05) is 18.2 Å². The van der Waals surface area contributed by atoms with Crippen molar-refractivity contribution < 1.29 is 4.42 Å². The van der Waals surface area contributed by atoms with E-state index in [1.165, 1.54) is 0 Å². The molecule has 0 saturated heterocycles. The van der Waals surface area contributed by atoms with Gasteiger partial charge >= 0.3 is 0 Å². The molecule has 1 unspecified atom stereocenters. The Bertz CT molecular complexity index is 419. The smallest absolute Gasteiger partial charge is 0.124 e. The summed E-state index contributed by atoms with van der Waals surface area (Å²) in [7, 11) is 0. The van der Waals surface area contributed by atoms with Crippen LogP contribution in [-0.2, 0) is 6.54 Å². The Kier molecular flexibility index (Phi) is 3.29. The van der Waals surface area contributed by atoms with Gasteiger partial charge < -0.3 is 9.73 Å². The zero-order valence-electron chi connectivity index (χ0n) is 9.68. The molecule has 2 aromatic heterocycles. The zero-order chi connectivity index (χ0) is 11.4. The first kappa shape index (κ1) is 10.8. The summed E-state index contributed by atoms with van der Waals surface area (Å²) >= 11 is 0. The lowest BCUT2D eigenvalue weighted by Crippen LogP contribution is -2.11. The van der Waals surface area contributed by atoms with Crippen LogP contribution in [0.5, 0.6) is 0 Å². The van der Waals surface area contributed by atoms with Gasteiger partial charge in [0.15, 0.2) is 0 Å². The molecule has 0 saturated carbocycles. The standard InChI is InChI=1S/C12H17N3O/c1-3-7-15-12(4-6-13-15)14-10(2)11-5-8-16-9-11/h4-6,8-10,14H,3,7H2,1-2H3. The number of rotatable bonds is 5. The Morgan fingerprint density at radius 2 is 2.38 bits per heavy atom. The van der Waals surface area contributed by atoms with Crippen LogP contribution < -0.4 is 5.32 Å². The Morgan fingerprint density at radius 1 is 1.50 bits per heavy atom. The molecule has 0 fully saturated rings. The monoisotopic (exact) mass is 219 g/mol. The molecule has 0 aliphatic heterocycles. The second-order valence-electron chi connectivity index (χ2n) is 3.86. The van der Waals surface area contributed by atoms with Crippen LogP contribution in [0.3, 0.4) is 0 Å².